The van der Waals surface area contributed by atoms with Crippen molar-refractivity contribution in [2.24, 2.45) is 0 Å². The van der Waals surface area contributed by atoms with Crippen LogP contribution in [-0.4, -0.2) is 33.5 Å². The molecule has 1 aromatic heterocycles. The number of aromatic nitrogens is 3. The van der Waals surface area contributed by atoms with Gasteiger partial charge >= 0.3 is 0 Å². The highest BCUT2D eigenvalue weighted by molar-refractivity contribution is 7.99. The van der Waals surface area contributed by atoms with Gasteiger partial charge in [0.1, 0.15) is 11.6 Å². The van der Waals surface area contributed by atoms with Gasteiger partial charge in [0.15, 0.2) is 5.16 Å². The van der Waals surface area contributed by atoms with Crippen LogP contribution in [0.3, 0.4) is 0 Å². The number of methoxy groups -OCH3 is 1. The second-order valence-corrected chi connectivity index (χ2v) is 7.34. The van der Waals surface area contributed by atoms with Crippen LogP contribution in [0.5, 0.6) is 5.75 Å². The van der Waals surface area contributed by atoms with Crippen molar-refractivity contribution in [3.63, 3.8) is 0 Å². The highest BCUT2D eigenvalue weighted by Crippen LogP contribution is 2.24. The lowest BCUT2D eigenvalue weighted by atomic mass is 10.2. The van der Waals surface area contributed by atoms with E-state index in [4.69, 9.17) is 4.74 Å². The Morgan fingerprint density at radius 3 is 2.57 bits per heavy atom. The maximum Gasteiger partial charge on any atom is 0.220 e. The Kier molecular flexibility index (Phi) is 7.08. The summed E-state index contributed by atoms with van der Waals surface area (Å²) in [6, 6.07) is 17.7. The molecule has 1 amide bonds. The van der Waals surface area contributed by atoms with Crippen molar-refractivity contribution < 1.29 is 9.53 Å². The molecule has 2 aromatic carbocycles. The molecule has 0 aliphatic heterocycles. The fraction of sp³-hybridized carbons (Fsp3) is 0.286. The predicted molar refractivity (Wildman–Crippen MR) is 111 cm³/mol. The fourth-order valence-electron chi connectivity index (χ4n) is 2.75. The van der Waals surface area contributed by atoms with Gasteiger partial charge in [-0.1, -0.05) is 42.1 Å². The summed E-state index contributed by atoms with van der Waals surface area (Å²) in [5.41, 5.74) is 2.10. The number of nitrogens with one attached hydrogen (secondary N) is 1. The van der Waals surface area contributed by atoms with Crippen molar-refractivity contribution in [2.75, 3.05) is 12.9 Å². The predicted octanol–water partition coefficient (Wildman–Crippen LogP) is 3.77. The molecule has 0 aliphatic rings. The third-order valence-corrected chi connectivity index (χ3v) is 5.25. The van der Waals surface area contributed by atoms with E-state index in [-0.39, 0.29) is 5.91 Å². The van der Waals surface area contributed by atoms with E-state index in [0.717, 1.165) is 40.2 Å². The van der Waals surface area contributed by atoms with E-state index in [9.17, 15) is 4.79 Å². The molecule has 0 radical (unpaired) electrons. The highest BCUT2D eigenvalue weighted by atomic mass is 32.2. The summed E-state index contributed by atoms with van der Waals surface area (Å²) in [6.07, 6.45) is 1.27. The lowest BCUT2D eigenvalue weighted by Crippen LogP contribution is -2.22. The monoisotopic (exact) mass is 396 g/mol. The first-order valence-corrected chi connectivity index (χ1v) is 10.2. The van der Waals surface area contributed by atoms with Crippen LogP contribution in [0.4, 0.5) is 0 Å². The summed E-state index contributed by atoms with van der Waals surface area (Å²) in [6.45, 7) is 2.50. The molecule has 0 fully saturated rings. The topological polar surface area (TPSA) is 69.0 Å². The lowest BCUT2D eigenvalue weighted by molar-refractivity contribution is -0.121. The van der Waals surface area contributed by atoms with Gasteiger partial charge in [0.2, 0.25) is 5.91 Å². The van der Waals surface area contributed by atoms with Crippen molar-refractivity contribution in [1.82, 2.24) is 20.1 Å². The van der Waals surface area contributed by atoms with Gasteiger partial charge < -0.3 is 10.1 Å². The summed E-state index contributed by atoms with van der Waals surface area (Å²) in [5, 5.41) is 12.2. The summed E-state index contributed by atoms with van der Waals surface area (Å²) >= 11 is 1.61. The molecule has 7 heteroatoms. The van der Waals surface area contributed by atoms with Crippen LogP contribution in [0.1, 0.15) is 24.2 Å². The highest BCUT2D eigenvalue weighted by Gasteiger charge is 2.12. The third-order valence-electron chi connectivity index (χ3n) is 4.24. The number of benzene rings is 2. The molecule has 0 saturated carbocycles. The largest absolute Gasteiger partial charge is 0.497 e. The normalized spacial score (nSPS) is 10.6. The minimum Gasteiger partial charge on any atom is -0.497 e. The summed E-state index contributed by atoms with van der Waals surface area (Å²) < 4.78 is 7.23. The molecular weight excluding hydrogens is 372 g/mol. The number of aryl methyl sites for hydroxylation is 1. The molecule has 0 bridgehead atoms. The minimum atomic E-state index is 0.0669. The number of ether oxygens (including phenoxy) is 1. The second-order valence-electron chi connectivity index (χ2n) is 6.28. The average molecular weight is 397 g/mol. The van der Waals surface area contributed by atoms with Crippen LogP contribution in [0.25, 0.3) is 5.69 Å². The number of hydrogen-bond donors (Lipinski definition) is 1. The Hall–Kier alpha value is -2.80. The Balaban J connectivity index is 1.48. The van der Waals surface area contributed by atoms with E-state index in [2.05, 4.69) is 15.5 Å². The van der Waals surface area contributed by atoms with Gasteiger partial charge in [-0.25, -0.2) is 0 Å². The molecule has 0 unspecified atom stereocenters. The molecule has 146 valence electrons. The number of nitrogens with zero attached hydrogens (tertiary/aromatic N) is 3. The van der Waals surface area contributed by atoms with Gasteiger partial charge in [-0.15, -0.1) is 10.2 Å². The number of carbonyl (C=O) groups excluding carboxylic acids is 1. The van der Waals surface area contributed by atoms with Crippen LogP contribution >= 0.6 is 11.8 Å². The van der Waals surface area contributed by atoms with Gasteiger partial charge in [0.05, 0.1) is 7.11 Å². The van der Waals surface area contributed by atoms with E-state index in [0.29, 0.717) is 13.0 Å². The standard InChI is InChI=1S/C21H24N4O2S/c1-16-23-24-21(25(16)18-10-12-19(27-2)13-11-18)28-14-6-9-20(26)22-15-17-7-4-3-5-8-17/h3-5,7-8,10-13H,6,9,14-15H2,1-2H3,(H,22,26). The molecule has 28 heavy (non-hydrogen) atoms. The third kappa shape index (κ3) is 5.36. The van der Waals surface area contributed by atoms with Crippen molar-refractivity contribution in [3.8, 4) is 11.4 Å². The lowest BCUT2D eigenvalue weighted by Gasteiger charge is -2.09. The number of hydrogen-bond acceptors (Lipinski definition) is 5. The van der Waals surface area contributed by atoms with Crippen LogP contribution in [-0.2, 0) is 11.3 Å². The van der Waals surface area contributed by atoms with E-state index < -0.39 is 0 Å². The van der Waals surface area contributed by atoms with Gasteiger partial charge in [-0.05, 0) is 43.2 Å². The maximum absolute atomic E-state index is 12.0. The molecule has 0 atom stereocenters. The first-order chi connectivity index (χ1) is 13.7. The van der Waals surface area contributed by atoms with Crippen LogP contribution in [0.2, 0.25) is 0 Å². The molecule has 6 nitrogen and oxygen atoms in total. The fourth-order valence-corrected chi connectivity index (χ4v) is 3.68. The molecule has 1 heterocycles. The molecule has 0 saturated heterocycles. The Labute approximate surface area is 169 Å². The van der Waals surface area contributed by atoms with Crippen LogP contribution < -0.4 is 10.1 Å². The van der Waals surface area contributed by atoms with E-state index >= 15 is 0 Å². The quantitative estimate of drug-likeness (QED) is 0.440. The van der Waals surface area contributed by atoms with Gasteiger partial charge in [-0.3, -0.25) is 9.36 Å². The maximum atomic E-state index is 12.0. The molecule has 0 aliphatic carbocycles. The Morgan fingerprint density at radius 1 is 1.11 bits per heavy atom. The zero-order valence-electron chi connectivity index (χ0n) is 16.1. The second kappa shape index (κ2) is 9.94. The van der Waals surface area contributed by atoms with Gasteiger partial charge in [0, 0.05) is 24.4 Å². The van der Waals surface area contributed by atoms with Crippen molar-refractivity contribution >= 4 is 17.7 Å². The van der Waals surface area contributed by atoms with Crippen molar-refractivity contribution in [1.29, 1.82) is 0 Å². The number of amides is 1. The Bertz CT molecular complexity index is 895. The zero-order chi connectivity index (χ0) is 19.8. The number of thioether (sulfide) groups is 1. The summed E-state index contributed by atoms with van der Waals surface area (Å²) in [4.78, 5) is 12.0. The summed E-state index contributed by atoms with van der Waals surface area (Å²) in [7, 11) is 1.65. The van der Waals surface area contributed by atoms with Gasteiger partial charge in [0.25, 0.3) is 0 Å². The first kappa shape index (κ1) is 19.9. The van der Waals surface area contributed by atoms with Crippen LogP contribution in [0, 0.1) is 6.92 Å². The average Bonchev–Trinajstić information content (AvgIpc) is 3.11. The molecular formula is C21H24N4O2S. The smallest absolute Gasteiger partial charge is 0.220 e. The number of carbonyl (C=O) groups is 1. The van der Waals surface area contributed by atoms with E-state index in [1.807, 2.05) is 66.1 Å². The molecule has 0 spiro atoms. The molecule has 3 rings (SSSR count). The van der Waals surface area contributed by atoms with E-state index in [1.54, 1.807) is 18.9 Å². The van der Waals surface area contributed by atoms with Crippen LogP contribution in [0.15, 0.2) is 59.8 Å². The van der Waals surface area contributed by atoms with Crippen molar-refractivity contribution in [2.45, 2.75) is 31.5 Å². The number of rotatable bonds is 9. The molecule has 1 N–H and O–H groups in total. The van der Waals surface area contributed by atoms with E-state index in [1.165, 1.54) is 0 Å². The molecule has 3 aromatic rings. The summed E-state index contributed by atoms with van der Waals surface area (Å²) in [5.74, 6) is 2.50. The zero-order valence-corrected chi connectivity index (χ0v) is 16.9. The Morgan fingerprint density at radius 2 is 1.86 bits per heavy atom. The van der Waals surface area contributed by atoms with Gasteiger partial charge in [-0.2, -0.15) is 0 Å². The first-order valence-electron chi connectivity index (χ1n) is 9.17. The SMILES string of the molecule is COc1ccc(-n2c(C)nnc2SCCCC(=O)NCc2ccccc2)cc1. The minimum absolute atomic E-state index is 0.0669. The van der Waals surface area contributed by atoms with Crippen molar-refractivity contribution in [3.05, 3.63) is 66.0 Å².